The van der Waals surface area contributed by atoms with E-state index in [0.717, 1.165) is 28.6 Å². The van der Waals surface area contributed by atoms with Crippen molar-refractivity contribution in [1.82, 2.24) is 4.57 Å². The number of nitrogens with zero attached hydrogens (tertiary/aromatic N) is 1. The minimum absolute atomic E-state index is 0.288. The molecule has 2 aromatic rings. The molecule has 0 aliphatic heterocycles. The molecule has 0 amide bonds. The molecule has 0 radical (unpaired) electrons. The van der Waals surface area contributed by atoms with Gasteiger partial charge in [-0.2, -0.15) is 0 Å². The maximum atomic E-state index is 12.0. The first-order valence-corrected chi connectivity index (χ1v) is 7.38. The first kappa shape index (κ1) is 12.7. The zero-order valence-corrected chi connectivity index (χ0v) is 12.8. The van der Waals surface area contributed by atoms with E-state index in [1.165, 1.54) is 16.9 Å². The maximum Gasteiger partial charge on any atom is 0.164 e. The molecule has 0 atom stereocenters. The molecule has 3 rings (SSSR count). The molecule has 0 N–H and O–H groups in total. The van der Waals surface area contributed by atoms with Crippen molar-refractivity contribution in [3.05, 3.63) is 51.3 Å². The highest BCUT2D eigenvalue weighted by Crippen LogP contribution is 2.30. The number of fused-ring (bicyclic) bond motifs is 1. The van der Waals surface area contributed by atoms with Crippen LogP contribution in [-0.2, 0) is 6.42 Å². The van der Waals surface area contributed by atoms with E-state index in [4.69, 9.17) is 0 Å². The molecule has 0 spiro atoms. The number of halogens is 1. The summed E-state index contributed by atoms with van der Waals surface area (Å²) in [4.78, 5) is 12.0. The molecule has 1 aliphatic carbocycles. The Bertz CT molecular complexity index is 670. The third-order valence-corrected chi connectivity index (χ3v) is 4.31. The quantitative estimate of drug-likeness (QED) is 0.765. The smallest absolute Gasteiger partial charge is 0.164 e. The summed E-state index contributed by atoms with van der Waals surface area (Å²) in [5.41, 5.74) is 5.63. The van der Waals surface area contributed by atoms with E-state index in [1.54, 1.807) is 0 Å². The molecule has 0 bridgehead atoms. The first-order valence-electron chi connectivity index (χ1n) is 6.59. The average Bonchev–Trinajstić information content (AvgIpc) is 2.70. The zero-order valence-electron chi connectivity index (χ0n) is 11.2. The van der Waals surface area contributed by atoms with Gasteiger partial charge >= 0.3 is 0 Å². The van der Waals surface area contributed by atoms with Gasteiger partial charge in [0.05, 0.1) is 0 Å². The molecule has 19 heavy (non-hydrogen) atoms. The number of Topliss-reactive ketones (excluding diaryl/α,β-unsaturated/α-hetero) is 1. The van der Waals surface area contributed by atoms with Crippen LogP contribution in [0.3, 0.4) is 0 Å². The molecule has 0 saturated heterocycles. The minimum Gasteiger partial charge on any atom is -0.317 e. The van der Waals surface area contributed by atoms with E-state index in [2.05, 4.69) is 52.5 Å². The lowest BCUT2D eigenvalue weighted by Gasteiger charge is -2.18. The van der Waals surface area contributed by atoms with Crippen molar-refractivity contribution in [1.29, 1.82) is 0 Å². The molecular formula is C16H16BrNO. The van der Waals surface area contributed by atoms with Crippen LogP contribution in [0.15, 0.2) is 28.7 Å². The fraction of sp³-hybridized carbons (Fsp3) is 0.312. The van der Waals surface area contributed by atoms with E-state index in [-0.39, 0.29) is 5.78 Å². The predicted octanol–water partition coefficient (Wildman–Crippen LogP) is 4.38. The summed E-state index contributed by atoms with van der Waals surface area (Å²) < 4.78 is 3.31. The van der Waals surface area contributed by atoms with Crippen LogP contribution in [0.2, 0.25) is 0 Å². The van der Waals surface area contributed by atoms with Crippen LogP contribution >= 0.6 is 15.9 Å². The molecule has 0 fully saturated rings. The molecule has 1 aromatic carbocycles. The van der Waals surface area contributed by atoms with E-state index in [9.17, 15) is 4.79 Å². The van der Waals surface area contributed by atoms with Gasteiger partial charge in [-0.1, -0.05) is 22.0 Å². The summed E-state index contributed by atoms with van der Waals surface area (Å²) in [6.45, 7) is 4.18. The molecule has 1 aromatic heterocycles. The number of aromatic nitrogens is 1. The van der Waals surface area contributed by atoms with Crippen LogP contribution in [0.5, 0.6) is 0 Å². The summed E-state index contributed by atoms with van der Waals surface area (Å²) >= 11 is 3.53. The van der Waals surface area contributed by atoms with Gasteiger partial charge in [0.15, 0.2) is 5.78 Å². The summed E-state index contributed by atoms with van der Waals surface area (Å²) in [6.07, 6.45) is 2.64. The number of benzene rings is 1. The predicted molar refractivity (Wildman–Crippen MR) is 80.2 cm³/mol. The fourth-order valence-corrected chi connectivity index (χ4v) is 3.24. The van der Waals surface area contributed by atoms with Crippen molar-refractivity contribution in [3.63, 3.8) is 0 Å². The van der Waals surface area contributed by atoms with E-state index >= 15 is 0 Å². The molecule has 0 unspecified atom stereocenters. The number of hydrogen-bond donors (Lipinski definition) is 0. The normalized spacial score (nSPS) is 14.6. The van der Waals surface area contributed by atoms with Gasteiger partial charge in [-0.05, 0) is 50.5 Å². The molecular weight excluding hydrogens is 302 g/mol. The van der Waals surface area contributed by atoms with Crippen LogP contribution in [0.4, 0.5) is 0 Å². The monoisotopic (exact) mass is 317 g/mol. The summed E-state index contributed by atoms with van der Waals surface area (Å²) in [7, 11) is 0. The Hall–Kier alpha value is -1.35. The Morgan fingerprint density at radius 3 is 2.74 bits per heavy atom. The number of carbonyl (C=O) groups excluding carboxylic acids is 1. The fourth-order valence-electron chi connectivity index (χ4n) is 2.89. The third kappa shape index (κ3) is 2.06. The number of rotatable bonds is 1. The Morgan fingerprint density at radius 2 is 1.95 bits per heavy atom. The Morgan fingerprint density at radius 1 is 1.16 bits per heavy atom. The highest BCUT2D eigenvalue weighted by molar-refractivity contribution is 9.10. The SMILES string of the molecule is Cc1ccc(Br)cc1-n1c(C)cc2c1CCCC2=O. The number of ketones is 1. The Kier molecular flexibility index (Phi) is 3.09. The van der Waals surface area contributed by atoms with Crippen LogP contribution in [0.25, 0.3) is 5.69 Å². The van der Waals surface area contributed by atoms with E-state index < -0.39 is 0 Å². The average molecular weight is 318 g/mol. The van der Waals surface area contributed by atoms with E-state index in [0.29, 0.717) is 6.42 Å². The topological polar surface area (TPSA) is 22.0 Å². The van der Waals surface area contributed by atoms with Crippen LogP contribution in [-0.4, -0.2) is 10.4 Å². The summed E-state index contributed by atoms with van der Waals surface area (Å²) in [5.74, 6) is 0.288. The van der Waals surface area contributed by atoms with Crippen molar-refractivity contribution in [2.75, 3.05) is 0 Å². The lowest BCUT2D eigenvalue weighted by molar-refractivity contribution is 0.0972. The van der Waals surface area contributed by atoms with Crippen LogP contribution in [0, 0.1) is 13.8 Å². The van der Waals surface area contributed by atoms with Gasteiger partial charge in [0.1, 0.15) is 0 Å². The van der Waals surface area contributed by atoms with Crippen molar-refractivity contribution in [3.8, 4) is 5.69 Å². The maximum absolute atomic E-state index is 12.0. The van der Waals surface area contributed by atoms with E-state index in [1.807, 2.05) is 6.07 Å². The van der Waals surface area contributed by atoms with Gasteiger partial charge < -0.3 is 4.57 Å². The Balaban J connectivity index is 2.26. The van der Waals surface area contributed by atoms with Gasteiger partial charge in [0, 0.05) is 33.5 Å². The van der Waals surface area contributed by atoms with Crippen molar-refractivity contribution >= 4 is 21.7 Å². The summed E-state index contributed by atoms with van der Waals surface area (Å²) in [5, 5.41) is 0. The first-order chi connectivity index (χ1) is 9.08. The summed E-state index contributed by atoms with van der Waals surface area (Å²) in [6, 6.07) is 8.32. The lowest BCUT2D eigenvalue weighted by Crippen LogP contribution is -2.13. The largest absolute Gasteiger partial charge is 0.317 e. The van der Waals surface area contributed by atoms with Crippen LogP contribution in [0.1, 0.15) is 40.2 Å². The molecule has 2 nitrogen and oxygen atoms in total. The van der Waals surface area contributed by atoms with Gasteiger partial charge in [0.25, 0.3) is 0 Å². The third-order valence-electron chi connectivity index (χ3n) is 3.82. The van der Waals surface area contributed by atoms with Crippen molar-refractivity contribution < 1.29 is 4.79 Å². The second-order valence-electron chi connectivity index (χ2n) is 5.19. The molecule has 3 heteroatoms. The number of hydrogen-bond acceptors (Lipinski definition) is 1. The highest BCUT2D eigenvalue weighted by Gasteiger charge is 2.23. The second kappa shape index (κ2) is 4.64. The molecule has 0 saturated carbocycles. The van der Waals surface area contributed by atoms with Gasteiger partial charge in [-0.15, -0.1) is 0 Å². The molecule has 1 aliphatic rings. The molecule has 98 valence electrons. The minimum atomic E-state index is 0.288. The molecule has 1 heterocycles. The number of aryl methyl sites for hydroxylation is 2. The number of carbonyl (C=O) groups is 1. The Labute approximate surface area is 121 Å². The highest BCUT2D eigenvalue weighted by atomic mass is 79.9. The van der Waals surface area contributed by atoms with Gasteiger partial charge in [-0.3, -0.25) is 4.79 Å². The lowest BCUT2D eigenvalue weighted by atomic mass is 9.96. The zero-order chi connectivity index (χ0) is 13.6. The van der Waals surface area contributed by atoms with Gasteiger partial charge in [-0.25, -0.2) is 0 Å². The van der Waals surface area contributed by atoms with Crippen molar-refractivity contribution in [2.24, 2.45) is 0 Å². The standard InChI is InChI=1S/C16H16BrNO/c1-10-6-7-12(17)9-15(10)18-11(2)8-13-14(18)4-3-5-16(13)19/h6-9H,3-5H2,1-2H3. The van der Waals surface area contributed by atoms with Crippen molar-refractivity contribution in [2.45, 2.75) is 33.1 Å². The van der Waals surface area contributed by atoms with Crippen LogP contribution < -0.4 is 0 Å². The second-order valence-corrected chi connectivity index (χ2v) is 6.10. The van der Waals surface area contributed by atoms with Gasteiger partial charge in [0.2, 0.25) is 0 Å².